The minimum atomic E-state index is -0.912. The van der Waals surface area contributed by atoms with Crippen LogP contribution in [0.3, 0.4) is 0 Å². The molecule has 0 aliphatic rings. The molecule has 0 fully saturated rings. The van der Waals surface area contributed by atoms with E-state index in [0.717, 1.165) is 22.7 Å². The zero-order chi connectivity index (χ0) is 15.4. The molecule has 1 aromatic carbocycles. The van der Waals surface area contributed by atoms with Crippen LogP contribution in [0.5, 0.6) is 5.75 Å². The van der Waals surface area contributed by atoms with Crippen molar-refractivity contribution in [2.24, 2.45) is 0 Å². The molecule has 2 rings (SSSR count). The number of carboxylic acid groups (broad SMARTS) is 1. The number of ether oxygens (including phenoxy) is 1. The molecule has 0 saturated carbocycles. The normalized spacial score (nSPS) is 10.9. The molecule has 1 N–H and O–H groups in total. The van der Waals surface area contributed by atoms with Gasteiger partial charge in [-0.1, -0.05) is 20.8 Å². The summed E-state index contributed by atoms with van der Waals surface area (Å²) in [5.74, 6) is -0.00157. The van der Waals surface area contributed by atoms with Crippen LogP contribution >= 0.6 is 11.3 Å². The third-order valence-electron chi connectivity index (χ3n) is 2.97. The van der Waals surface area contributed by atoms with Gasteiger partial charge in [-0.25, -0.2) is 9.78 Å². The number of carboxylic acids is 1. The van der Waals surface area contributed by atoms with Gasteiger partial charge in [0.15, 0.2) is 0 Å². The third kappa shape index (κ3) is 3.61. The van der Waals surface area contributed by atoms with E-state index in [1.807, 2.05) is 38.1 Å². The van der Waals surface area contributed by atoms with Crippen molar-refractivity contribution in [2.45, 2.75) is 33.1 Å². The molecular formula is C16H19NO3S. The van der Waals surface area contributed by atoms with Gasteiger partial charge in [0, 0.05) is 5.56 Å². The highest BCUT2D eigenvalue weighted by Crippen LogP contribution is 2.32. The van der Waals surface area contributed by atoms with E-state index in [1.165, 1.54) is 11.3 Å². The zero-order valence-electron chi connectivity index (χ0n) is 12.4. The van der Waals surface area contributed by atoms with Gasteiger partial charge in [0.1, 0.15) is 15.6 Å². The third-order valence-corrected chi connectivity index (χ3v) is 4.08. The largest absolute Gasteiger partial charge is 0.494 e. The van der Waals surface area contributed by atoms with Gasteiger partial charge in [0.05, 0.1) is 12.3 Å². The van der Waals surface area contributed by atoms with E-state index in [4.69, 9.17) is 4.74 Å². The summed E-state index contributed by atoms with van der Waals surface area (Å²) in [4.78, 5) is 16.1. The van der Waals surface area contributed by atoms with Gasteiger partial charge >= 0.3 is 5.97 Å². The quantitative estimate of drug-likeness (QED) is 0.858. The molecule has 1 aromatic heterocycles. The molecule has 1 heterocycles. The Morgan fingerprint density at radius 3 is 2.48 bits per heavy atom. The van der Waals surface area contributed by atoms with Crippen LogP contribution in [0.4, 0.5) is 0 Å². The predicted octanol–water partition coefficient (Wildman–Crippen LogP) is 4.42. The Kier molecular flexibility index (Phi) is 4.96. The monoisotopic (exact) mass is 305 g/mol. The first-order valence-corrected chi connectivity index (χ1v) is 7.81. The molecular weight excluding hydrogens is 286 g/mol. The molecule has 0 aliphatic carbocycles. The van der Waals surface area contributed by atoms with Gasteiger partial charge in [0.2, 0.25) is 0 Å². The second-order valence-corrected chi connectivity index (χ2v) is 6.07. The van der Waals surface area contributed by atoms with E-state index in [9.17, 15) is 9.90 Å². The molecule has 0 aliphatic heterocycles. The van der Waals surface area contributed by atoms with Gasteiger partial charge in [-0.05, 0) is 36.6 Å². The van der Waals surface area contributed by atoms with Crippen LogP contribution < -0.4 is 4.74 Å². The first kappa shape index (κ1) is 15.5. The van der Waals surface area contributed by atoms with Gasteiger partial charge in [-0.15, -0.1) is 11.3 Å². The number of carbonyl (C=O) groups is 1. The van der Waals surface area contributed by atoms with Crippen molar-refractivity contribution in [3.05, 3.63) is 34.8 Å². The van der Waals surface area contributed by atoms with Crippen LogP contribution in [0, 0.1) is 0 Å². The highest BCUT2D eigenvalue weighted by molar-refractivity contribution is 7.17. The summed E-state index contributed by atoms with van der Waals surface area (Å²) in [6, 6.07) is 7.61. The Morgan fingerprint density at radius 1 is 1.33 bits per heavy atom. The number of hydrogen-bond acceptors (Lipinski definition) is 4. The minimum absolute atomic E-state index is 0.0910. The summed E-state index contributed by atoms with van der Waals surface area (Å²) in [7, 11) is 0. The molecule has 0 amide bonds. The van der Waals surface area contributed by atoms with E-state index in [1.54, 1.807) is 0 Å². The molecule has 0 radical (unpaired) electrons. The molecule has 112 valence electrons. The maximum Gasteiger partial charge on any atom is 0.347 e. The number of aromatic carboxylic acids is 1. The summed E-state index contributed by atoms with van der Waals surface area (Å²) >= 11 is 1.22. The van der Waals surface area contributed by atoms with Gasteiger partial charge < -0.3 is 9.84 Å². The van der Waals surface area contributed by atoms with Crippen molar-refractivity contribution in [1.82, 2.24) is 4.98 Å². The Balaban J connectivity index is 2.29. The van der Waals surface area contributed by atoms with E-state index < -0.39 is 5.97 Å². The molecule has 21 heavy (non-hydrogen) atoms. The summed E-state index contributed by atoms with van der Waals surface area (Å²) in [5.41, 5.74) is 1.56. The molecule has 0 bridgehead atoms. The van der Waals surface area contributed by atoms with Crippen LogP contribution in [0.25, 0.3) is 10.6 Å². The molecule has 4 nitrogen and oxygen atoms in total. The van der Waals surface area contributed by atoms with E-state index >= 15 is 0 Å². The standard InChI is InChI=1S/C16H19NO3S/c1-4-9-20-12-7-5-11(6-8-12)15-17-13(10(2)3)14(21-15)16(18)19/h5-8,10H,4,9H2,1-3H3,(H,18,19). The lowest BCUT2D eigenvalue weighted by atomic mass is 10.1. The first-order chi connectivity index (χ1) is 10.0. The number of thiazole rings is 1. The molecule has 0 unspecified atom stereocenters. The first-order valence-electron chi connectivity index (χ1n) is 7.00. The average Bonchev–Trinajstić information content (AvgIpc) is 2.91. The lowest BCUT2D eigenvalue weighted by molar-refractivity contribution is 0.0700. The zero-order valence-corrected chi connectivity index (χ0v) is 13.2. The Morgan fingerprint density at radius 2 is 2.00 bits per heavy atom. The Hall–Kier alpha value is -1.88. The summed E-state index contributed by atoms with van der Waals surface area (Å²) in [5, 5.41) is 10.0. The smallest absolute Gasteiger partial charge is 0.347 e. The van der Waals surface area contributed by atoms with Gasteiger partial charge in [-0.3, -0.25) is 0 Å². The number of benzene rings is 1. The van der Waals surface area contributed by atoms with Crippen LogP contribution in [0.2, 0.25) is 0 Å². The molecule has 2 aromatic rings. The van der Waals surface area contributed by atoms with Crippen molar-refractivity contribution in [3.8, 4) is 16.3 Å². The lowest BCUT2D eigenvalue weighted by Gasteiger charge is -2.04. The van der Waals surface area contributed by atoms with Crippen molar-refractivity contribution in [3.63, 3.8) is 0 Å². The average molecular weight is 305 g/mol. The number of hydrogen-bond donors (Lipinski definition) is 1. The van der Waals surface area contributed by atoms with Crippen LogP contribution in [-0.2, 0) is 0 Å². The highest BCUT2D eigenvalue weighted by atomic mass is 32.1. The Bertz CT molecular complexity index is 617. The number of rotatable bonds is 6. The molecule has 0 spiro atoms. The fourth-order valence-electron chi connectivity index (χ4n) is 1.91. The Labute approximate surface area is 128 Å². The SMILES string of the molecule is CCCOc1ccc(-c2nc(C(C)C)c(C(=O)O)s2)cc1. The highest BCUT2D eigenvalue weighted by Gasteiger charge is 2.20. The summed E-state index contributed by atoms with van der Waals surface area (Å²) < 4.78 is 5.54. The molecule has 0 atom stereocenters. The van der Waals surface area contributed by atoms with E-state index in [-0.39, 0.29) is 5.92 Å². The van der Waals surface area contributed by atoms with E-state index in [0.29, 0.717) is 17.2 Å². The summed E-state index contributed by atoms with van der Waals surface area (Å²) in [6.07, 6.45) is 0.966. The second-order valence-electron chi connectivity index (χ2n) is 5.07. The summed E-state index contributed by atoms with van der Waals surface area (Å²) in [6.45, 7) is 6.65. The van der Waals surface area contributed by atoms with Crippen molar-refractivity contribution >= 4 is 17.3 Å². The maximum atomic E-state index is 11.3. The molecule has 0 saturated heterocycles. The van der Waals surface area contributed by atoms with Crippen LogP contribution in [0.1, 0.15) is 48.5 Å². The van der Waals surface area contributed by atoms with Crippen LogP contribution in [0.15, 0.2) is 24.3 Å². The van der Waals surface area contributed by atoms with Crippen molar-refractivity contribution in [2.75, 3.05) is 6.61 Å². The van der Waals surface area contributed by atoms with Crippen molar-refractivity contribution in [1.29, 1.82) is 0 Å². The molecule has 5 heteroatoms. The number of aromatic nitrogens is 1. The second kappa shape index (κ2) is 6.72. The number of nitrogens with zero attached hydrogens (tertiary/aromatic N) is 1. The van der Waals surface area contributed by atoms with Crippen LogP contribution in [-0.4, -0.2) is 22.7 Å². The fraction of sp³-hybridized carbons (Fsp3) is 0.375. The fourth-order valence-corrected chi connectivity index (χ4v) is 2.98. The van der Waals surface area contributed by atoms with Gasteiger partial charge in [-0.2, -0.15) is 0 Å². The van der Waals surface area contributed by atoms with Crippen molar-refractivity contribution < 1.29 is 14.6 Å². The lowest BCUT2D eigenvalue weighted by Crippen LogP contribution is -2.00. The van der Waals surface area contributed by atoms with E-state index in [2.05, 4.69) is 11.9 Å². The predicted molar refractivity (Wildman–Crippen MR) is 84.4 cm³/mol. The topological polar surface area (TPSA) is 59.4 Å². The maximum absolute atomic E-state index is 11.3. The van der Waals surface area contributed by atoms with Gasteiger partial charge in [0.25, 0.3) is 0 Å². The minimum Gasteiger partial charge on any atom is -0.494 e.